The van der Waals surface area contributed by atoms with Crippen LogP contribution in [0.1, 0.15) is 24.0 Å². The zero-order valence-electron chi connectivity index (χ0n) is 17.5. The monoisotopic (exact) mass is 433 g/mol. The van der Waals surface area contributed by atoms with Gasteiger partial charge in [0, 0.05) is 36.0 Å². The van der Waals surface area contributed by atoms with Gasteiger partial charge in [-0.05, 0) is 39.0 Å². The molecular weight excluding hydrogens is 406 g/mol. The molecule has 29 heavy (non-hydrogen) atoms. The molecule has 0 aliphatic heterocycles. The van der Waals surface area contributed by atoms with Crippen LogP contribution in [0.15, 0.2) is 28.7 Å². The minimum absolute atomic E-state index is 0.605. The largest absolute Gasteiger partial charge is 0.493 e. The molecule has 0 fully saturated rings. The van der Waals surface area contributed by atoms with Crippen molar-refractivity contribution in [3.05, 3.63) is 40.7 Å². The van der Waals surface area contributed by atoms with Gasteiger partial charge in [0.15, 0.2) is 16.7 Å². The predicted octanol–water partition coefficient (Wildman–Crippen LogP) is 4.97. The van der Waals surface area contributed by atoms with Crippen molar-refractivity contribution in [3.8, 4) is 22.1 Å². The van der Waals surface area contributed by atoms with Gasteiger partial charge in [-0.1, -0.05) is 11.8 Å². The fourth-order valence-corrected chi connectivity index (χ4v) is 4.83. The van der Waals surface area contributed by atoms with Gasteiger partial charge in [0.25, 0.3) is 0 Å². The minimum atomic E-state index is 0.605. The Kier molecular flexibility index (Phi) is 7.57. The third-order valence-electron chi connectivity index (χ3n) is 4.55. The molecular formula is C21H27N3O3S2. The van der Waals surface area contributed by atoms with E-state index in [1.165, 1.54) is 5.69 Å². The summed E-state index contributed by atoms with van der Waals surface area (Å²) in [5, 5.41) is 4.08. The summed E-state index contributed by atoms with van der Waals surface area (Å²) in [6.45, 7) is 8.19. The van der Waals surface area contributed by atoms with E-state index >= 15 is 0 Å². The Labute approximate surface area is 180 Å². The summed E-state index contributed by atoms with van der Waals surface area (Å²) in [4.78, 5) is 9.52. The number of imidazole rings is 1. The van der Waals surface area contributed by atoms with Crippen LogP contribution in [0.5, 0.6) is 11.5 Å². The van der Waals surface area contributed by atoms with E-state index in [-0.39, 0.29) is 0 Å². The topological polar surface area (TPSA) is 58.4 Å². The molecule has 3 aromatic rings. The average molecular weight is 434 g/mol. The van der Waals surface area contributed by atoms with Gasteiger partial charge in [-0.25, -0.2) is 9.97 Å². The van der Waals surface area contributed by atoms with E-state index in [1.807, 2.05) is 32.0 Å². The first-order chi connectivity index (χ1) is 14.1. The lowest BCUT2D eigenvalue weighted by atomic mass is 10.2. The summed E-state index contributed by atoms with van der Waals surface area (Å²) >= 11 is 3.34. The molecule has 3 rings (SSSR count). The normalized spacial score (nSPS) is 11.1. The Hall–Kier alpha value is -2.03. The first-order valence-electron chi connectivity index (χ1n) is 9.48. The van der Waals surface area contributed by atoms with Gasteiger partial charge in [-0.3, -0.25) is 0 Å². The first-order valence-corrected chi connectivity index (χ1v) is 11.3. The van der Waals surface area contributed by atoms with Gasteiger partial charge in [0.2, 0.25) is 0 Å². The molecule has 0 amide bonds. The van der Waals surface area contributed by atoms with Crippen molar-refractivity contribution in [3.63, 3.8) is 0 Å². The molecule has 0 atom stereocenters. The Morgan fingerprint density at radius 1 is 1.14 bits per heavy atom. The van der Waals surface area contributed by atoms with Gasteiger partial charge in [0.1, 0.15) is 5.01 Å². The van der Waals surface area contributed by atoms with E-state index in [1.54, 1.807) is 37.3 Å². The van der Waals surface area contributed by atoms with Crippen LogP contribution in [-0.4, -0.2) is 42.0 Å². The number of aryl methyl sites for hydroxylation is 1. The number of aromatic nitrogens is 3. The van der Waals surface area contributed by atoms with E-state index in [0.29, 0.717) is 13.2 Å². The van der Waals surface area contributed by atoms with Crippen LogP contribution in [0.2, 0.25) is 0 Å². The van der Waals surface area contributed by atoms with Crippen LogP contribution in [0.4, 0.5) is 0 Å². The molecule has 0 aliphatic carbocycles. The number of hydrogen-bond acceptors (Lipinski definition) is 7. The molecule has 6 nitrogen and oxygen atoms in total. The number of thioether (sulfide) groups is 1. The van der Waals surface area contributed by atoms with Crippen molar-refractivity contribution >= 4 is 23.1 Å². The molecule has 1 aromatic carbocycles. The molecule has 0 saturated heterocycles. The zero-order valence-corrected chi connectivity index (χ0v) is 19.2. The summed E-state index contributed by atoms with van der Waals surface area (Å²) in [5.41, 5.74) is 4.31. The molecule has 0 bridgehead atoms. The molecule has 8 heteroatoms. The maximum absolute atomic E-state index is 5.60. The molecule has 0 spiro atoms. The molecule has 0 aliphatic rings. The molecule has 0 saturated carbocycles. The molecule has 156 valence electrons. The Morgan fingerprint density at radius 3 is 2.69 bits per heavy atom. The van der Waals surface area contributed by atoms with E-state index in [9.17, 15) is 0 Å². The highest BCUT2D eigenvalue weighted by molar-refractivity contribution is 7.98. The summed E-state index contributed by atoms with van der Waals surface area (Å²) in [5.74, 6) is 2.24. The Balaban J connectivity index is 1.72. The Bertz CT molecular complexity index is 953. The van der Waals surface area contributed by atoms with Gasteiger partial charge < -0.3 is 18.8 Å². The molecule has 0 N–H and O–H groups in total. The van der Waals surface area contributed by atoms with Crippen LogP contribution in [0, 0.1) is 13.8 Å². The maximum atomic E-state index is 5.60. The standard InChI is InChI=1S/C21H27N3O3S2/c1-6-27-18-8-7-16(11-19(18)26-5)20-23-17(12-28-20)13-29-21-22-14(2)15(3)24(21)9-10-25-4/h7-8,11-12H,6,9-10,13H2,1-5H3. The van der Waals surface area contributed by atoms with E-state index in [0.717, 1.165) is 50.9 Å². The minimum Gasteiger partial charge on any atom is -0.493 e. The zero-order chi connectivity index (χ0) is 20.8. The number of nitrogens with zero attached hydrogens (tertiary/aromatic N) is 3. The molecule has 2 heterocycles. The van der Waals surface area contributed by atoms with Crippen LogP contribution in [0.3, 0.4) is 0 Å². The highest BCUT2D eigenvalue weighted by Gasteiger charge is 2.14. The molecule has 0 unspecified atom stereocenters. The lowest BCUT2D eigenvalue weighted by molar-refractivity contribution is 0.184. The second-order valence-electron chi connectivity index (χ2n) is 6.44. The Morgan fingerprint density at radius 2 is 1.97 bits per heavy atom. The van der Waals surface area contributed by atoms with Crippen molar-refractivity contribution in [1.29, 1.82) is 0 Å². The van der Waals surface area contributed by atoms with Crippen LogP contribution >= 0.6 is 23.1 Å². The fraction of sp³-hybridized carbons (Fsp3) is 0.429. The van der Waals surface area contributed by atoms with Crippen molar-refractivity contribution in [1.82, 2.24) is 14.5 Å². The number of thiazole rings is 1. The summed E-state index contributed by atoms with van der Waals surface area (Å²) in [6.07, 6.45) is 0. The van der Waals surface area contributed by atoms with Crippen LogP contribution in [-0.2, 0) is 17.0 Å². The molecule has 2 aromatic heterocycles. The third kappa shape index (κ3) is 5.12. The summed E-state index contributed by atoms with van der Waals surface area (Å²) in [6, 6.07) is 5.93. The van der Waals surface area contributed by atoms with E-state index < -0.39 is 0 Å². The third-order valence-corrected chi connectivity index (χ3v) is 6.50. The number of hydrogen-bond donors (Lipinski definition) is 0. The summed E-state index contributed by atoms with van der Waals surface area (Å²) < 4.78 is 18.5. The maximum Gasteiger partial charge on any atom is 0.168 e. The number of rotatable bonds is 10. The van der Waals surface area contributed by atoms with Crippen molar-refractivity contribution in [2.24, 2.45) is 0 Å². The van der Waals surface area contributed by atoms with E-state index in [2.05, 4.69) is 16.9 Å². The second kappa shape index (κ2) is 10.1. The second-order valence-corrected chi connectivity index (χ2v) is 8.24. The van der Waals surface area contributed by atoms with Gasteiger partial charge >= 0.3 is 0 Å². The lowest BCUT2D eigenvalue weighted by Gasteiger charge is -2.10. The average Bonchev–Trinajstić information content (AvgIpc) is 3.30. The number of benzene rings is 1. The van der Waals surface area contributed by atoms with Crippen molar-refractivity contribution < 1.29 is 14.2 Å². The smallest absolute Gasteiger partial charge is 0.168 e. The molecule has 0 radical (unpaired) electrons. The first kappa shape index (κ1) is 21.7. The number of ether oxygens (including phenoxy) is 3. The van der Waals surface area contributed by atoms with Crippen LogP contribution in [0.25, 0.3) is 10.6 Å². The lowest BCUT2D eigenvalue weighted by Crippen LogP contribution is -2.07. The van der Waals surface area contributed by atoms with Crippen LogP contribution < -0.4 is 9.47 Å². The van der Waals surface area contributed by atoms with E-state index in [4.69, 9.17) is 24.2 Å². The number of methoxy groups -OCH3 is 2. The van der Waals surface area contributed by atoms with Gasteiger partial charge in [0.05, 0.1) is 31.7 Å². The van der Waals surface area contributed by atoms with Gasteiger partial charge in [-0.15, -0.1) is 11.3 Å². The highest BCUT2D eigenvalue weighted by Crippen LogP contribution is 2.34. The quantitative estimate of drug-likeness (QED) is 0.421. The fourth-order valence-electron chi connectivity index (χ4n) is 2.90. The summed E-state index contributed by atoms with van der Waals surface area (Å²) in [7, 11) is 3.37. The van der Waals surface area contributed by atoms with Gasteiger partial charge in [-0.2, -0.15) is 0 Å². The SMILES string of the molecule is CCOc1ccc(-c2nc(CSc3nc(C)c(C)n3CCOC)cs2)cc1OC. The van der Waals surface area contributed by atoms with Crippen molar-refractivity contribution in [2.45, 2.75) is 38.2 Å². The van der Waals surface area contributed by atoms with Crippen molar-refractivity contribution in [2.75, 3.05) is 27.4 Å². The predicted molar refractivity (Wildman–Crippen MR) is 118 cm³/mol. The highest BCUT2D eigenvalue weighted by atomic mass is 32.2.